The van der Waals surface area contributed by atoms with Gasteiger partial charge >= 0.3 is 12.1 Å². The van der Waals surface area contributed by atoms with Gasteiger partial charge < -0.3 is 14.7 Å². The van der Waals surface area contributed by atoms with Crippen LogP contribution in [0.1, 0.15) is 6.42 Å². The summed E-state index contributed by atoms with van der Waals surface area (Å²) < 4.78 is 6.37. The zero-order chi connectivity index (χ0) is 13.9. The molecule has 1 amide bonds. The van der Waals surface area contributed by atoms with E-state index in [-0.39, 0.29) is 26.1 Å². The van der Waals surface area contributed by atoms with E-state index < -0.39 is 17.6 Å². The Morgan fingerprint density at radius 3 is 2.79 bits per heavy atom. The molecule has 0 radical (unpaired) electrons. The van der Waals surface area contributed by atoms with E-state index in [4.69, 9.17) is 9.84 Å². The number of ether oxygens (including phenoxy) is 1. The van der Waals surface area contributed by atoms with Gasteiger partial charge in [-0.05, 0) is 0 Å². The summed E-state index contributed by atoms with van der Waals surface area (Å²) >= 11 is 0. The van der Waals surface area contributed by atoms with E-state index in [2.05, 4.69) is 16.7 Å². The Kier molecular flexibility index (Phi) is 3.50. The van der Waals surface area contributed by atoms with Crippen molar-refractivity contribution in [1.29, 1.82) is 0 Å². The number of rotatable bonds is 5. The molecule has 102 valence electrons. The first kappa shape index (κ1) is 13.1. The monoisotopic (exact) mass is 266 g/mol. The van der Waals surface area contributed by atoms with Crippen molar-refractivity contribution in [2.75, 3.05) is 19.7 Å². The fraction of sp³-hybridized carbons (Fsp3) is 0.455. The van der Waals surface area contributed by atoms with Gasteiger partial charge in [0.2, 0.25) is 0 Å². The highest BCUT2D eigenvalue weighted by Crippen LogP contribution is 2.32. The molecule has 0 unspecified atom stereocenters. The van der Waals surface area contributed by atoms with E-state index in [0.29, 0.717) is 0 Å². The fourth-order valence-corrected chi connectivity index (χ4v) is 2.09. The first-order chi connectivity index (χ1) is 9.07. The third-order valence-corrected chi connectivity index (χ3v) is 2.94. The molecule has 0 atom stereocenters. The minimum atomic E-state index is -0.949. The molecular formula is C11H14N4O4. The molecule has 8 nitrogen and oxygen atoms in total. The predicted molar refractivity (Wildman–Crippen MR) is 63.4 cm³/mol. The Balaban J connectivity index is 2.03. The van der Waals surface area contributed by atoms with Gasteiger partial charge in [0.25, 0.3) is 0 Å². The minimum Gasteiger partial charge on any atom is -0.481 e. The van der Waals surface area contributed by atoms with E-state index in [1.807, 2.05) is 0 Å². The number of nitrogens with zero attached hydrogens (tertiary/aromatic N) is 4. The highest BCUT2D eigenvalue weighted by Gasteiger charge is 2.49. The summed E-state index contributed by atoms with van der Waals surface area (Å²) in [5.74, 6) is -0.949. The average Bonchev–Trinajstić information content (AvgIpc) is 2.83. The Bertz CT molecular complexity index is 479. The van der Waals surface area contributed by atoms with Crippen LogP contribution >= 0.6 is 0 Å². The summed E-state index contributed by atoms with van der Waals surface area (Å²) in [5.41, 5.74) is -0.741. The van der Waals surface area contributed by atoms with Gasteiger partial charge in [-0.2, -0.15) is 5.10 Å². The van der Waals surface area contributed by atoms with Crippen LogP contribution in [0.2, 0.25) is 0 Å². The van der Waals surface area contributed by atoms with Gasteiger partial charge in [-0.15, -0.1) is 0 Å². The molecule has 1 aliphatic rings. The summed E-state index contributed by atoms with van der Waals surface area (Å²) in [7, 11) is 0. The molecule has 0 aliphatic carbocycles. The van der Waals surface area contributed by atoms with Gasteiger partial charge in [0.05, 0.1) is 19.5 Å². The number of likely N-dealkylation sites (tertiary alicyclic amines) is 1. The van der Waals surface area contributed by atoms with Gasteiger partial charge in [-0.25, -0.2) is 14.5 Å². The zero-order valence-corrected chi connectivity index (χ0v) is 10.2. The van der Waals surface area contributed by atoms with Crippen LogP contribution in [-0.4, -0.2) is 56.5 Å². The summed E-state index contributed by atoms with van der Waals surface area (Å²) in [5, 5.41) is 12.9. The Morgan fingerprint density at radius 2 is 2.26 bits per heavy atom. The van der Waals surface area contributed by atoms with Crippen LogP contribution in [0, 0.1) is 0 Å². The molecular weight excluding hydrogens is 252 g/mol. The van der Waals surface area contributed by atoms with Crippen LogP contribution in [0.3, 0.4) is 0 Å². The number of aromatic nitrogens is 3. The molecule has 2 rings (SSSR count). The first-order valence-electron chi connectivity index (χ1n) is 5.67. The minimum absolute atomic E-state index is 0.123. The summed E-state index contributed by atoms with van der Waals surface area (Å²) in [6.07, 6.45) is 3.65. The van der Waals surface area contributed by atoms with Crippen LogP contribution in [0.15, 0.2) is 25.3 Å². The van der Waals surface area contributed by atoms with Gasteiger partial charge in [-0.1, -0.05) is 12.7 Å². The van der Waals surface area contributed by atoms with Crippen molar-refractivity contribution in [3.8, 4) is 0 Å². The zero-order valence-electron chi connectivity index (χ0n) is 10.2. The molecule has 1 aliphatic heterocycles. The molecule has 2 heterocycles. The SMILES string of the molecule is C=CCOC(=O)N1CC(CC(=O)O)(n2cncn2)C1. The van der Waals surface area contributed by atoms with Crippen molar-refractivity contribution >= 4 is 12.1 Å². The highest BCUT2D eigenvalue weighted by molar-refractivity contribution is 5.72. The fourth-order valence-electron chi connectivity index (χ4n) is 2.09. The number of carbonyl (C=O) groups is 2. The van der Waals surface area contributed by atoms with Crippen molar-refractivity contribution in [3.05, 3.63) is 25.3 Å². The maximum Gasteiger partial charge on any atom is 0.410 e. The number of carboxylic acids is 1. The summed E-state index contributed by atoms with van der Waals surface area (Å²) in [6.45, 7) is 4.05. The molecule has 0 spiro atoms. The van der Waals surface area contributed by atoms with Gasteiger partial charge in [-0.3, -0.25) is 4.79 Å². The van der Waals surface area contributed by atoms with Crippen molar-refractivity contribution < 1.29 is 19.4 Å². The number of amides is 1. The average molecular weight is 266 g/mol. The second-order valence-electron chi connectivity index (χ2n) is 4.36. The van der Waals surface area contributed by atoms with E-state index >= 15 is 0 Å². The van der Waals surface area contributed by atoms with Gasteiger partial charge in [0.15, 0.2) is 0 Å². The lowest BCUT2D eigenvalue weighted by Gasteiger charge is -2.48. The molecule has 1 fully saturated rings. The van der Waals surface area contributed by atoms with E-state index in [1.165, 1.54) is 28.3 Å². The highest BCUT2D eigenvalue weighted by atomic mass is 16.6. The molecule has 1 N–H and O–H groups in total. The number of aliphatic carboxylic acids is 1. The van der Waals surface area contributed by atoms with E-state index in [0.717, 1.165) is 0 Å². The lowest BCUT2D eigenvalue weighted by Crippen LogP contribution is -2.65. The summed E-state index contributed by atoms with van der Waals surface area (Å²) in [6, 6.07) is 0. The second-order valence-corrected chi connectivity index (χ2v) is 4.36. The molecule has 1 aromatic heterocycles. The van der Waals surface area contributed by atoms with Crippen LogP contribution in [-0.2, 0) is 15.1 Å². The lowest BCUT2D eigenvalue weighted by atomic mass is 9.87. The maximum absolute atomic E-state index is 11.6. The lowest BCUT2D eigenvalue weighted by molar-refractivity contribution is -0.142. The Hall–Kier alpha value is -2.38. The van der Waals surface area contributed by atoms with Crippen LogP contribution < -0.4 is 0 Å². The van der Waals surface area contributed by atoms with Crippen LogP contribution in [0.5, 0.6) is 0 Å². The number of carbonyl (C=O) groups excluding carboxylic acids is 1. The van der Waals surface area contributed by atoms with Crippen LogP contribution in [0.25, 0.3) is 0 Å². The molecule has 8 heteroatoms. The van der Waals surface area contributed by atoms with Crippen molar-refractivity contribution in [1.82, 2.24) is 19.7 Å². The molecule has 19 heavy (non-hydrogen) atoms. The van der Waals surface area contributed by atoms with Crippen molar-refractivity contribution in [2.45, 2.75) is 12.0 Å². The van der Waals surface area contributed by atoms with Gasteiger partial charge in [0.1, 0.15) is 24.8 Å². The predicted octanol–water partition coefficient (Wildman–Crippen LogP) is 0.0863. The van der Waals surface area contributed by atoms with Crippen molar-refractivity contribution in [2.24, 2.45) is 0 Å². The van der Waals surface area contributed by atoms with Crippen LogP contribution in [0.4, 0.5) is 4.79 Å². The number of carboxylic acid groups (broad SMARTS) is 1. The molecule has 0 bridgehead atoms. The topological polar surface area (TPSA) is 97.6 Å². The van der Waals surface area contributed by atoms with Gasteiger partial charge in [0, 0.05) is 0 Å². The number of hydrogen-bond acceptors (Lipinski definition) is 5. The third kappa shape index (κ3) is 2.56. The normalized spacial score (nSPS) is 16.5. The molecule has 0 aromatic carbocycles. The third-order valence-electron chi connectivity index (χ3n) is 2.94. The Labute approximate surface area is 109 Å². The smallest absolute Gasteiger partial charge is 0.410 e. The van der Waals surface area contributed by atoms with E-state index in [1.54, 1.807) is 0 Å². The molecule has 1 aromatic rings. The standard InChI is InChI=1S/C11H14N4O4/c1-2-3-19-10(18)14-5-11(6-14,4-9(16)17)15-8-12-7-13-15/h2,7-8H,1,3-6H2,(H,16,17). The quantitative estimate of drug-likeness (QED) is 0.758. The molecule has 1 saturated heterocycles. The molecule has 0 saturated carbocycles. The number of hydrogen-bond donors (Lipinski definition) is 1. The second kappa shape index (κ2) is 5.09. The largest absolute Gasteiger partial charge is 0.481 e. The Morgan fingerprint density at radius 1 is 1.53 bits per heavy atom. The summed E-state index contributed by atoms with van der Waals surface area (Å²) in [4.78, 5) is 27.8. The first-order valence-corrected chi connectivity index (χ1v) is 5.67. The maximum atomic E-state index is 11.6. The van der Waals surface area contributed by atoms with E-state index in [9.17, 15) is 9.59 Å². The van der Waals surface area contributed by atoms with Crippen molar-refractivity contribution in [3.63, 3.8) is 0 Å².